The second-order valence-electron chi connectivity index (χ2n) is 3.75. The van der Waals surface area contributed by atoms with Crippen LogP contribution < -0.4 is 5.56 Å². The van der Waals surface area contributed by atoms with E-state index in [4.69, 9.17) is 5.26 Å². The van der Waals surface area contributed by atoms with Gasteiger partial charge in [0.05, 0.1) is 22.7 Å². The Morgan fingerprint density at radius 3 is 2.50 bits per heavy atom. The fourth-order valence-corrected chi connectivity index (χ4v) is 2.82. The lowest BCUT2D eigenvalue weighted by Gasteiger charge is -2.07. The number of pyridine rings is 1. The summed E-state index contributed by atoms with van der Waals surface area (Å²) in [6.07, 6.45) is 1.74. The summed E-state index contributed by atoms with van der Waals surface area (Å²) in [6, 6.07) is 11.0. The van der Waals surface area contributed by atoms with Gasteiger partial charge >= 0.3 is 0 Å². The van der Waals surface area contributed by atoms with Gasteiger partial charge in [-0.25, -0.2) is 0 Å². The number of benzene rings is 1. The molecule has 90 valence electrons. The van der Waals surface area contributed by atoms with Crippen LogP contribution in [0.3, 0.4) is 0 Å². The number of rotatable bonds is 2. The summed E-state index contributed by atoms with van der Waals surface area (Å²) in [5.74, 6) is 0. The molecule has 0 bridgehead atoms. The lowest BCUT2D eigenvalue weighted by Crippen LogP contribution is -2.20. The van der Waals surface area contributed by atoms with Crippen LogP contribution in [0.4, 0.5) is 0 Å². The van der Waals surface area contributed by atoms with E-state index in [1.807, 2.05) is 12.1 Å². The molecule has 1 aromatic carbocycles. The van der Waals surface area contributed by atoms with Gasteiger partial charge in [0.1, 0.15) is 0 Å². The molecule has 0 aliphatic rings. The SMILES string of the molecule is N#Cc1ccc(Cn2cc(Br)cc(Br)c2=O)cc1. The number of hydrogen-bond acceptors (Lipinski definition) is 2. The highest BCUT2D eigenvalue weighted by Crippen LogP contribution is 2.14. The van der Waals surface area contributed by atoms with Gasteiger partial charge in [0.2, 0.25) is 0 Å². The molecule has 0 amide bonds. The van der Waals surface area contributed by atoms with Crippen LogP contribution in [0, 0.1) is 11.3 Å². The van der Waals surface area contributed by atoms with Gasteiger partial charge in [0.25, 0.3) is 5.56 Å². The molecule has 0 unspecified atom stereocenters. The molecule has 5 heteroatoms. The van der Waals surface area contributed by atoms with Gasteiger partial charge in [-0.2, -0.15) is 5.26 Å². The zero-order valence-electron chi connectivity index (χ0n) is 9.23. The van der Waals surface area contributed by atoms with E-state index in [0.29, 0.717) is 16.6 Å². The van der Waals surface area contributed by atoms with Gasteiger partial charge in [-0.1, -0.05) is 12.1 Å². The molecule has 1 aromatic heterocycles. The Bertz CT molecular complexity index is 669. The molecule has 0 radical (unpaired) electrons. The van der Waals surface area contributed by atoms with Crippen molar-refractivity contribution in [3.8, 4) is 6.07 Å². The molecule has 2 rings (SSSR count). The molecular formula is C13H8Br2N2O. The Hall–Kier alpha value is -1.38. The summed E-state index contributed by atoms with van der Waals surface area (Å²) in [5, 5.41) is 8.72. The van der Waals surface area contributed by atoms with Crippen LogP contribution in [-0.4, -0.2) is 4.57 Å². The van der Waals surface area contributed by atoms with E-state index < -0.39 is 0 Å². The number of nitriles is 1. The van der Waals surface area contributed by atoms with Crippen molar-refractivity contribution in [2.45, 2.75) is 6.54 Å². The molecule has 0 aliphatic heterocycles. The van der Waals surface area contributed by atoms with Crippen molar-refractivity contribution in [2.75, 3.05) is 0 Å². The van der Waals surface area contributed by atoms with Crippen molar-refractivity contribution in [2.24, 2.45) is 0 Å². The third-order valence-corrected chi connectivity index (χ3v) is 3.45. The largest absolute Gasteiger partial charge is 0.309 e. The summed E-state index contributed by atoms with van der Waals surface area (Å²) in [7, 11) is 0. The minimum atomic E-state index is -0.0810. The van der Waals surface area contributed by atoms with Crippen molar-refractivity contribution in [3.63, 3.8) is 0 Å². The van der Waals surface area contributed by atoms with Crippen molar-refractivity contribution in [1.82, 2.24) is 4.57 Å². The van der Waals surface area contributed by atoms with Crippen LogP contribution >= 0.6 is 31.9 Å². The summed E-state index contributed by atoms with van der Waals surface area (Å²) < 4.78 is 2.96. The molecule has 2 aromatic rings. The van der Waals surface area contributed by atoms with E-state index in [0.717, 1.165) is 10.0 Å². The number of aromatic nitrogens is 1. The zero-order chi connectivity index (χ0) is 13.1. The maximum absolute atomic E-state index is 11.9. The van der Waals surface area contributed by atoms with Gasteiger partial charge in [0, 0.05) is 10.7 Å². The van der Waals surface area contributed by atoms with E-state index >= 15 is 0 Å². The van der Waals surface area contributed by atoms with E-state index in [1.54, 1.807) is 29.0 Å². The summed E-state index contributed by atoms with van der Waals surface area (Å²) in [6.45, 7) is 0.475. The molecule has 3 nitrogen and oxygen atoms in total. The summed E-state index contributed by atoms with van der Waals surface area (Å²) in [5.41, 5.74) is 1.50. The average molecular weight is 368 g/mol. The predicted octanol–water partition coefficient (Wildman–Crippen LogP) is 3.29. The molecular weight excluding hydrogens is 360 g/mol. The third-order valence-electron chi connectivity index (χ3n) is 2.44. The van der Waals surface area contributed by atoms with Crippen LogP contribution in [0.15, 0.2) is 50.3 Å². The highest BCUT2D eigenvalue weighted by Gasteiger charge is 2.04. The highest BCUT2D eigenvalue weighted by molar-refractivity contribution is 9.11. The van der Waals surface area contributed by atoms with Crippen LogP contribution in [0.1, 0.15) is 11.1 Å². The maximum atomic E-state index is 11.9. The molecule has 0 atom stereocenters. The first kappa shape index (κ1) is 13.1. The van der Waals surface area contributed by atoms with Gasteiger partial charge in [-0.15, -0.1) is 0 Å². The fraction of sp³-hybridized carbons (Fsp3) is 0.0769. The Labute approximate surface area is 121 Å². The number of hydrogen-bond donors (Lipinski definition) is 0. The van der Waals surface area contributed by atoms with Crippen LogP contribution in [-0.2, 0) is 6.54 Å². The van der Waals surface area contributed by atoms with Crippen molar-refractivity contribution in [1.29, 1.82) is 5.26 Å². The minimum absolute atomic E-state index is 0.0810. The van der Waals surface area contributed by atoms with Crippen LogP contribution in [0.25, 0.3) is 0 Å². The quantitative estimate of drug-likeness (QED) is 0.817. The topological polar surface area (TPSA) is 45.8 Å². The van der Waals surface area contributed by atoms with Gasteiger partial charge in [-0.3, -0.25) is 4.79 Å². The first-order valence-corrected chi connectivity index (χ1v) is 6.73. The lowest BCUT2D eigenvalue weighted by atomic mass is 10.1. The maximum Gasteiger partial charge on any atom is 0.265 e. The Morgan fingerprint density at radius 2 is 1.89 bits per heavy atom. The number of nitrogens with zero attached hydrogens (tertiary/aromatic N) is 2. The molecule has 1 heterocycles. The van der Waals surface area contributed by atoms with Crippen molar-refractivity contribution >= 4 is 31.9 Å². The Balaban J connectivity index is 2.34. The molecule has 0 fully saturated rings. The van der Waals surface area contributed by atoms with Gasteiger partial charge < -0.3 is 4.57 Å². The van der Waals surface area contributed by atoms with E-state index in [-0.39, 0.29) is 5.56 Å². The second-order valence-corrected chi connectivity index (χ2v) is 5.52. The summed E-state index contributed by atoms with van der Waals surface area (Å²) >= 11 is 6.58. The summed E-state index contributed by atoms with van der Waals surface area (Å²) in [4.78, 5) is 11.9. The highest BCUT2D eigenvalue weighted by atomic mass is 79.9. The average Bonchev–Trinajstić information content (AvgIpc) is 2.36. The number of halogens is 2. The first-order chi connectivity index (χ1) is 8.60. The van der Waals surface area contributed by atoms with Gasteiger partial charge in [0.15, 0.2) is 0 Å². The van der Waals surface area contributed by atoms with E-state index in [2.05, 4.69) is 37.9 Å². The van der Waals surface area contributed by atoms with Gasteiger partial charge in [-0.05, 0) is 55.6 Å². The lowest BCUT2D eigenvalue weighted by molar-refractivity contribution is 0.751. The Kier molecular flexibility index (Phi) is 4.00. The van der Waals surface area contributed by atoms with Crippen molar-refractivity contribution in [3.05, 3.63) is 67.0 Å². The third kappa shape index (κ3) is 2.89. The second kappa shape index (κ2) is 5.51. The van der Waals surface area contributed by atoms with E-state index in [1.165, 1.54) is 0 Å². The molecule has 0 spiro atoms. The zero-order valence-corrected chi connectivity index (χ0v) is 12.4. The first-order valence-electron chi connectivity index (χ1n) is 5.14. The monoisotopic (exact) mass is 366 g/mol. The predicted molar refractivity (Wildman–Crippen MR) is 76.4 cm³/mol. The minimum Gasteiger partial charge on any atom is -0.309 e. The van der Waals surface area contributed by atoms with E-state index in [9.17, 15) is 4.79 Å². The Morgan fingerprint density at radius 1 is 1.22 bits per heavy atom. The smallest absolute Gasteiger partial charge is 0.265 e. The normalized spacial score (nSPS) is 10.1. The van der Waals surface area contributed by atoms with Crippen LogP contribution in [0.5, 0.6) is 0 Å². The molecule has 0 saturated carbocycles. The van der Waals surface area contributed by atoms with Crippen LogP contribution in [0.2, 0.25) is 0 Å². The standard InChI is InChI=1S/C13H8Br2N2O/c14-11-5-12(15)13(18)17(8-11)7-10-3-1-9(6-16)2-4-10/h1-5,8H,7H2. The molecule has 18 heavy (non-hydrogen) atoms. The van der Waals surface area contributed by atoms with Crippen molar-refractivity contribution < 1.29 is 0 Å². The molecule has 0 N–H and O–H groups in total. The molecule has 0 saturated heterocycles. The molecule has 0 aliphatic carbocycles. The fourth-order valence-electron chi connectivity index (χ4n) is 1.56.